The molecule has 6 nitrogen and oxygen atoms in total. The molecule has 2 N–H and O–H groups in total. The number of anilines is 2. The van der Waals surface area contributed by atoms with Gasteiger partial charge in [-0.15, -0.1) is 13.2 Å². The number of rotatable bonds is 4. The smallest absolute Gasteiger partial charge is 0.482 e. The number of fused-ring (bicyclic) bond motifs is 1. The second-order valence-electron chi connectivity index (χ2n) is 5.46. The van der Waals surface area contributed by atoms with Crippen molar-refractivity contribution >= 4 is 23.2 Å². The lowest BCUT2D eigenvalue weighted by molar-refractivity contribution is -0.274. The molecule has 2 aromatic rings. The molecule has 0 radical (unpaired) electrons. The number of carbonyl (C=O) groups excluding carboxylic acids is 2. The number of hydrogen-bond donors (Lipinski definition) is 2. The van der Waals surface area contributed by atoms with Gasteiger partial charge in [-0.1, -0.05) is 12.1 Å². The molecule has 9 heteroatoms. The van der Waals surface area contributed by atoms with Crippen LogP contribution in [0.1, 0.15) is 5.56 Å². The highest BCUT2D eigenvalue weighted by Crippen LogP contribution is 2.30. The zero-order chi connectivity index (χ0) is 18.7. The predicted octanol–water partition coefficient (Wildman–Crippen LogP) is 3.10. The van der Waals surface area contributed by atoms with E-state index in [1.165, 1.54) is 12.1 Å². The summed E-state index contributed by atoms with van der Waals surface area (Å²) in [4.78, 5) is 23.4. The lowest BCUT2D eigenvalue weighted by Crippen LogP contribution is -2.25. The van der Waals surface area contributed by atoms with Gasteiger partial charge >= 0.3 is 6.36 Å². The lowest BCUT2D eigenvalue weighted by Gasteiger charge is -2.18. The quantitative estimate of drug-likeness (QED) is 0.872. The third-order valence-corrected chi connectivity index (χ3v) is 3.42. The molecule has 3 rings (SSSR count). The largest absolute Gasteiger partial charge is 0.573 e. The molecule has 0 bridgehead atoms. The molecule has 136 valence electrons. The number of carbonyl (C=O) groups is 2. The van der Waals surface area contributed by atoms with Gasteiger partial charge < -0.3 is 20.1 Å². The topological polar surface area (TPSA) is 76.7 Å². The zero-order valence-electron chi connectivity index (χ0n) is 13.2. The number of nitrogens with one attached hydrogen (secondary N) is 2. The summed E-state index contributed by atoms with van der Waals surface area (Å²) in [6.45, 7) is -0.0627. The molecule has 0 aliphatic carbocycles. The first kappa shape index (κ1) is 17.6. The minimum Gasteiger partial charge on any atom is -0.482 e. The summed E-state index contributed by atoms with van der Waals surface area (Å²) >= 11 is 0. The molecule has 0 unspecified atom stereocenters. The monoisotopic (exact) mass is 366 g/mol. The summed E-state index contributed by atoms with van der Waals surface area (Å²) in [6.07, 6.45) is -4.79. The van der Waals surface area contributed by atoms with Gasteiger partial charge in [0.25, 0.3) is 5.91 Å². The van der Waals surface area contributed by atoms with Gasteiger partial charge in [0.15, 0.2) is 6.61 Å². The standard InChI is InChI=1S/C17H13F3N2O4/c18-17(19,20)26-12-4-1-10(2-5-12)7-15(23)21-11-3-6-14-13(8-11)22-16(24)9-25-14/h1-6,8H,7,9H2,(H,21,23)(H,22,24). The van der Waals surface area contributed by atoms with Crippen LogP contribution in [0.2, 0.25) is 0 Å². The Labute approximate surface area is 145 Å². The van der Waals surface area contributed by atoms with Crippen LogP contribution in [-0.2, 0) is 16.0 Å². The third kappa shape index (κ3) is 4.65. The van der Waals surface area contributed by atoms with E-state index in [0.29, 0.717) is 22.7 Å². The predicted molar refractivity (Wildman–Crippen MR) is 86.0 cm³/mol. The average Bonchev–Trinajstić information content (AvgIpc) is 2.55. The van der Waals surface area contributed by atoms with Crippen molar-refractivity contribution in [2.24, 2.45) is 0 Å². The van der Waals surface area contributed by atoms with Crippen LogP contribution in [0.25, 0.3) is 0 Å². The molecule has 2 amide bonds. The molecular formula is C17H13F3N2O4. The van der Waals surface area contributed by atoms with E-state index in [-0.39, 0.29) is 30.6 Å². The third-order valence-electron chi connectivity index (χ3n) is 3.42. The Morgan fingerprint density at radius 2 is 1.92 bits per heavy atom. The Bertz CT molecular complexity index is 835. The Kier molecular flexibility index (Phi) is 4.70. The molecular weight excluding hydrogens is 353 g/mol. The van der Waals surface area contributed by atoms with E-state index in [9.17, 15) is 22.8 Å². The van der Waals surface area contributed by atoms with Gasteiger partial charge in [-0.3, -0.25) is 9.59 Å². The molecule has 1 aliphatic heterocycles. The average molecular weight is 366 g/mol. The van der Waals surface area contributed by atoms with Crippen LogP contribution in [0.3, 0.4) is 0 Å². The number of halogens is 3. The van der Waals surface area contributed by atoms with Crippen molar-refractivity contribution in [3.8, 4) is 11.5 Å². The first-order valence-electron chi connectivity index (χ1n) is 7.50. The number of benzene rings is 2. The van der Waals surface area contributed by atoms with Crippen LogP contribution in [0, 0.1) is 0 Å². The summed E-state index contributed by atoms with van der Waals surface area (Å²) < 4.78 is 45.3. The van der Waals surface area contributed by atoms with Crippen LogP contribution >= 0.6 is 0 Å². The number of ether oxygens (including phenoxy) is 2. The second-order valence-corrected chi connectivity index (χ2v) is 5.46. The minimum atomic E-state index is -4.76. The molecule has 1 aliphatic rings. The summed E-state index contributed by atoms with van der Waals surface area (Å²) in [6, 6.07) is 9.83. The molecule has 0 aromatic heterocycles. The SMILES string of the molecule is O=C(Cc1ccc(OC(F)(F)F)cc1)Nc1ccc2c(c1)NC(=O)CO2. The Hall–Kier alpha value is -3.23. The van der Waals surface area contributed by atoms with E-state index in [4.69, 9.17) is 4.74 Å². The highest BCUT2D eigenvalue weighted by Gasteiger charge is 2.30. The maximum atomic E-state index is 12.1. The maximum Gasteiger partial charge on any atom is 0.573 e. The van der Waals surface area contributed by atoms with E-state index in [1.54, 1.807) is 18.2 Å². The van der Waals surface area contributed by atoms with Crippen molar-refractivity contribution in [1.29, 1.82) is 0 Å². The molecule has 0 saturated carbocycles. The second kappa shape index (κ2) is 6.95. The van der Waals surface area contributed by atoms with E-state index in [0.717, 1.165) is 12.1 Å². The fourth-order valence-electron chi connectivity index (χ4n) is 2.36. The summed E-state index contributed by atoms with van der Waals surface area (Å²) in [5, 5.41) is 5.28. The van der Waals surface area contributed by atoms with Crippen molar-refractivity contribution in [3.63, 3.8) is 0 Å². The highest BCUT2D eigenvalue weighted by molar-refractivity contribution is 5.98. The number of alkyl halides is 3. The van der Waals surface area contributed by atoms with Crippen LogP contribution < -0.4 is 20.1 Å². The Morgan fingerprint density at radius 1 is 1.19 bits per heavy atom. The molecule has 0 saturated heterocycles. The summed E-state index contributed by atoms with van der Waals surface area (Å²) in [5.74, 6) is -0.505. The van der Waals surface area contributed by atoms with Gasteiger partial charge in [-0.2, -0.15) is 0 Å². The number of amides is 2. The summed E-state index contributed by atoms with van der Waals surface area (Å²) in [5.41, 5.74) is 1.43. The van der Waals surface area contributed by atoms with Gasteiger partial charge in [0.2, 0.25) is 5.91 Å². The van der Waals surface area contributed by atoms with E-state index >= 15 is 0 Å². The van der Waals surface area contributed by atoms with E-state index in [2.05, 4.69) is 15.4 Å². The fourth-order valence-corrected chi connectivity index (χ4v) is 2.36. The van der Waals surface area contributed by atoms with Gasteiger partial charge in [-0.25, -0.2) is 0 Å². The van der Waals surface area contributed by atoms with Crippen molar-refractivity contribution < 1.29 is 32.2 Å². The zero-order valence-corrected chi connectivity index (χ0v) is 13.2. The van der Waals surface area contributed by atoms with Crippen molar-refractivity contribution in [1.82, 2.24) is 0 Å². The lowest BCUT2D eigenvalue weighted by atomic mass is 10.1. The summed E-state index contributed by atoms with van der Waals surface area (Å²) in [7, 11) is 0. The first-order valence-corrected chi connectivity index (χ1v) is 7.50. The van der Waals surface area contributed by atoms with Crippen LogP contribution in [0.4, 0.5) is 24.5 Å². The molecule has 0 spiro atoms. The molecule has 0 fully saturated rings. The first-order chi connectivity index (χ1) is 12.3. The van der Waals surface area contributed by atoms with Crippen LogP contribution in [-0.4, -0.2) is 24.8 Å². The van der Waals surface area contributed by atoms with Crippen LogP contribution in [0.5, 0.6) is 11.5 Å². The van der Waals surface area contributed by atoms with Crippen molar-refractivity contribution in [2.75, 3.05) is 17.2 Å². The normalized spacial score (nSPS) is 13.3. The molecule has 26 heavy (non-hydrogen) atoms. The fraction of sp³-hybridized carbons (Fsp3) is 0.176. The van der Waals surface area contributed by atoms with E-state index in [1.807, 2.05) is 0 Å². The molecule has 1 heterocycles. The Morgan fingerprint density at radius 3 is 2.62 bits per heavy atom. The van der Waals surface area contributed by atoms with Crippen molar-refractivity contribution in [2.45, 2.75) is 12.8 Å². The molecule has 0 atom stereocenters. The Balaban J connectivity index is 1.60. The van der Waals surface area contributed by atoms with Gasteiger partial charge in [0.1, 0.15) is 11.5 Å². The van der Waals surface area contributed by atoms with Gasteiger partial charge in [0, 0.05) is 5.69 Å². The highest BCUT2D eigenvalue weighted by atomic mass is 19.4. The van der Waals surface area contributed by atoms with Gasteiger partial charge in [0.05, 0.1) is 12.1 Å². The van der Waals surface area contributed by atoms with E-state index < -0.39 is 6.36 Å². The molecule has 2 aromatic carbocycles. The van der Waals surface area contributed by atoms with Gasteiger partial charge in [-0.05, 0) is 35.9 Å². The minimum absolute atomic E-state index is 0.0355. The van der Waals surface area contributed by atoms with Crippen molar-refractivity contribution in [3.05, 3.63) is 48.0 Å². The number of hydrogen-bond acceptors (Lipinski definition) is 4. The van der Waals surface area contributed by atoms with Crippen LogP contribution in [0.15, 0.2) is 42.5 Å². The maximum absolute atomic E-state index is 12.1.